The SMILES string of the molecule is FC(F)(F)C(F)(F)C(F)(Cl)C(F)(F)Br. The van der Waals surface area contributed by atoms with Crippen molar-refractivity contribution in [1.29, 1.82) is 0 Å². The Bertz CT molecular complexity index is 190. The number of halogens is 10. The zero-order valence-electron chi connectivity index (χ0n) is 5.78. The second kappa shape index (κ2) is 3.36. The van der Waals surface area contributed by atoms with Gasteiger partial charge in [-0.05, 0) is 15.9 Å². The summed E-state index contributed by atoms with van der Waals surface area (Å²) in [5, 5.41) is -5.59. The van der Waals surface area contributed by atoms with Crippen molar-refractivity contribution < 1.29 is 35.1 Å². The number of alkyl halides is 10. The van der Waals surface area contributed by atoms with E-state index in [2.05, 4.69) is 11.6 Å². The lowest BCUT2D eigenvalue weighted by Crippen LogP contribution is -2.58. The lowest BCUT2D eigenvalue weighted by Gasteiger charge is -2.32. The third-order valence-corrected chi connectivity index (χ3v) is 2.36. The van der Waals surface area contributed by atoms with Crippen molar-refractivity contribution in [2.24, 2.45) is 0 Å². The second-order valence-electron chi connectivity index (χ2n) is 2.14. The van der Waals surface area contributed by atoms with Gasteiger partial charge in [0.05, 0.1) is 0 Å². The van der Waals surface area contributed by atoms with Crippen LogP contribution in [0.3, 0.4) is 0 Å². The predicted octanol–water partition coefficient (Wildman–Crippen LogP) is 4.08. The summed E-state index contributed by atoms with van der Waals surface area (Å²) >= 11 is 4.86. The second-order valence-corrected chi connectivity index (χ2v) is 3.66. The molecule has 0 fully saturated rings. The maximum absolute atomic E-state index is 12.4. The minimum absolute atomic E-state index is 1.01. The molecule has 0 rings (SSSR count). The Morgan fingerprint density at radius 3 is 1.14 bits per heavy atom. The van der Waals surface area contributed by atoms with Crippen molar-refractivity contribution >= 4 is 27.5 Å². The Kier molecular flexibility index (Phi) is 3.41. The average Bonchev–Trinajstić information content (AvgIpc) is 1.81. The minimum Gasteiger partial charge on any atom is -0.211 e. The molecule has 0 aromatic heterocycles. The standard InChI is InChI=1S/C4BrClF8/c5-3(10,11)1(6,7)2(8,9)4(12,13)14. The molecule has 14 heavy (non-hydrogen) atoms. The molecule has 0 aromatic rings. The highest BCUT2D eigenvalue weighted by atomic mass is 79.9. The summed E-state index contributed by atoms with van der Waals surface area (Å²) in [6, 6.07) is 0. The molecule has 0 saturated heterocycles. The van der Waals surface area contributed by atoms with E-state index >= 15 is 0 Å². The highest BCUT2D eigenvalue weighted by Crippen LogP contribution is 2.56. The zero-order chi connectivity index (χ0) is 12.0. The van der Waals surface area contributed by atoms with Crippen LogP contribution >= 0.6 is 27.5 Å². The van der Waals surface area contributed by atoms with E-state index in [9.17, 15) is 35.1 Å². The van der Waals surface area contributed by atoms with Gasteiger partial charge in [0.15, 0.2) is 0 Å². The van der Waals surface area contributed by atoms with E-state index in [4.69, 9.17) is 0 Å². The maximum Gasteiger partial charge on any atom is 0.458 e. The van der Waals surface area contributed by atoms with Gasteiger partial charge in [0, 0.05) is 0 Å². The van der Waals surface area contributed by atoms with E-state index in [0.29, 0.717) is 0 Å². The normalized spacial score (nSPS) is 19.3. The van der Waals surface area contributed by atoms with E-state index in [0.717, 1.165) is 15.9 Å². The van der Waals surface area contributed by atoms with Gasteiger partial charge < -0.3 is 0 Å². The Labute approximate surface area is 85.3 Å². The molecule has 1 atom stereocenters. The molecular formula is C4BrClF8. The van der Waals surface area contributed by atoms with Gasteiger partial charge in [-0.3, -0.25) is 0 Å². The molecule has 0 N–H and O–H groups in total. The number of hydrogen-bond acceptors (Lipinski definition) is 0. The number of hydrogen-bond donors (Lipinski definition) is 0. The van der Waals surface area contributed by atoms with Crippen molar-refractivity contribution in [2.45, 2.75) is 22.1 Å². The summed E-state index contributed by atoms with van der Waals surface area (Å²) in [4.78, 5) is -5.22. The van der Waals surface area contributed by atoms with Crippen molar-refractivity contribution in [3.05, 3.63) is 0 Å². The fourth-order valence-corrected chi connectivity index (χ4v) is 0.712. The van der Waals surface area contributed by atoms with Gasteiger partial charge in [0.2, 0.25) is 0 Å². The van der Waals surface area contributed by atoms with E-state index in [1.165, 1.54) is 0 Å². The van der Waals surface area contributed by atoms with E-state index in [1.54, 1.807) is 0 Å². The fourth-order valence-electron chi connectivity index (χ4n) is 0.356. The highest BCUT2D eigenvalue weighted by molar-refractivity contribution is 9.10. The van der Waals surface area contributed by atoms with Gasteiger partial charge in [0.1, 0.15) is 0 Å². The average molecular weight is 315 g/mol. The van der Waals surface area contributed by atoms with Crippen molar-refractivity contribution in [3.8, 4) is 0 Å². The van der Waals surface area contributed by atoms with Crippen LogP contribution in [0.5, 0.6) is 0 Å². The first-order valence-corrected chi connectivity index (χ1v) is 3.81. The maximum atomic E-state index is 12.4. The van der Waals surface area contributed by atoms with E-state index in [-0.39, 0.29) is 0 Å². The molecule has 1 unspecified atom stereocenters. The molecule has 10 heteroatoms. The Balaban J connectivity index is 5.30. The van der Waals surface area contributed by atoms with Crippen LogP contribution in [0.4, 0.5) is 35.1 Å². The van der Waals surface area contributed by atoms with Gasteiger partial charge in [-0.1, -0.05) is 11.6 Å². The van der Waals surface area contributed by atoms with Crippen LogP contribution in [-0.4, -0.2) is 22.1 Å². The first kappa shape index (κ1) is 14.2. The molecule has 0 heterocycles. The van der Waals surface area contributed by atoms with Crippen molar-refractivity contribution in [3.63, 3.8) is 0 Å². The Hall–Kier alpha value is 0.210. The quantitative estimate of drug-likeness (QED) is 0.532. The van der Waals surface area contributed by atoms with Crippen LogP contribution in [0.15, 0.2) is 0 Å². The van der Waals surface area contributed by atoms with Crippen LogP contribution in [0, 0.1) is 0 Å². The third kappa shape index (κ3) is 2.07. The molecule has 0 saturated carbocycles. The van der Waals surface area contributed by atoms with Crippen LogP contribution in [-0.2, 0) is 0 Å². The molecule has 0 aromatic carbocycles. The molecule has 0 aliphatic heterocycles. The summed E-state index contributed by atoms with van der Waals surface area (Å²) in [6.45, 7) is 0. The summed E-state index contributed by atoms with van der Waals surface area (Å²) in [6.07, 6.45) is -6.51. The summed E-state index contributed by atoms with van der Waals surface area (Å²) in [5.41, 5.74) is 0. The minimum atomic E-state index is -6.51. The molecule has 0 nitrogen and oxygen atoms in total. The summed E-state index contributed by atoms with van der Waals surface area (Å²) in [7, 11) is 0. The van der Waals surface area contributed by atoms with Crippen molar-refractivity contribution in [2.75, 3.05) is 0 Å². The molecule has 0 spiro atoms. The van der Waals surface area contributed by atoms with Crippen LogP contribution < -0.4 is 0 Å². The van der Waals surface area contributed by atoms with Crippen LogP contribution in [0.1, 0.15) is 0 Å². The molecule has 0 aliphatic rings. The zero-order valence-corrected chi connectivity index (χ0v) is 8.12. The predicted molar refractivity (Wildman–Crippen MR) is 34.6 cm³/mol. The van der Waals surface area contributed by atoms with E-state index < -0.39 is 22.1 Å². The van der Waals surface area contributed by atoms with Gasteiger partial charge in [-0.2, -0.15) is 30.7 Å². The molecule has 86 valence electrons. The smallest absolute Gasteiger partial charge is 0.211 e. The Morgan fingerprint density at radius 1 is 0.786 bits per heavy atom. The first-order chi connectivity index (χ1) is 5.75. The summed E-state index contributed by atoms with van der Waals surface area (Å²) in [5.74, 6) is -6.38. The first-order valence-electron chi connectivity index (χ1n) is 2.64. The lowest BCUT2D eigenvalue weighted by molar-refractivity contribution is -0.328. The topological polar surface area (TPSA) is 0 Å². The molecule has 0 aliphatic carbocycles. The molecule has 0 radical (unpaired) electrons. The fraction of sp³-hybridized carbons (Fsp3) is 1.00. The monoisotopic (exact) mass is 314 g/mol. The van der Waals surface area contributed by atoms with Gasteiger partial charge >= 0.3 is 22.1 Å². The molecular weight excluding hydrogens is 315 g/mol. The van der Waals surface area contributed by atoms with Crippen molar-refractivity contribution in [1.82, 2.24) is 0 Å². The van der Waals surface area contributed by atoms with Gasteiger partial charge in [-0.15, -0.1) is 0 Å². The molecule has 0 bridgehead atoms. The largest absolute Gasteiger partial charge is 0.458 e. The van der Waals surface area contributed by atoms with Crippen LogP contribution in [0.25, 0.3) is 0 Å². The molecule has 0 amide bonds. The van der Waals surface area contributed by atoms with E-state index in [1.807, 2.05) is 0 Å². The Morgan fingerprint density at radius 2 is 1.07 bits per heavy atom. The third-order valence-electron chi connectivity index (χ3n) is 1.11. The summed E-state index contributed by atoms with van der Waals surface area (Å²) < 4.78 is 94.7. The highest BCUT2D eigenvalue weighted by Gasteiger charge is 2.79. The van der Waals surface area contributed by atoms with Gasteiger partial charge in [-0.25, -0.2) is 4.39 Å². The number of rotatable bonds is 2. The lowest BCUT2D eigenvalue weighted by atomic mass is 10.2. The van der Waals surface area contributed by atoms with Crippen LogP contribution in [0.2, 0.25) is 0 Å². The van der Waals surface area contributed by atoms with Gasteiger partial charge in [0.25, 0.3) is 0 Å².